The summed E-state index contributed by atoms with van der Waals surface area (Å²) in [4.78, 5) is 20.0. The van der Waals surface area contributed by atoms with Crippen LogP contribution in [0.1, 0.15) is 24.0 Å². The maximum Gasteiger partial charge on any atom is 0.225 e. The zero-order valence-corrected chi connectivity index (χ0v) is 19.6. The van der Waals surface area contributed by atoms with E-state index in [0.717, 1.165) is 62.4 Å². The number of benzene rings is 1. The highest BCUT2D eigenvalue weighted by atomic mass is 32.1. The van der Waals surface area contributed by atoms with Crippen LogP contribution in [-0.2, 0) is 4.79 Å². The van der Waals surface area contributed by atoms with Crippen LogP contribution < -0.4 is 9.80 Å². The SMILES string of the molecule is Cc1cccc(N2CCN(C(=O)C3CCN(c4nnc(-n5cccc5)s4)CC3)CC2)c1C. The molecule has 7 nitrogen and oxygen atoms in total. The van der Waals surface area contributed by atoms with Crippen molar-refractivity contribution in [2.45, 2.75) is 26.7 Å². The fourth-order valence-corrected chi connectivity index (χ4v) is 5.59. The van der Waals surface area contributed by atoms with Crippen LogP contribution >= 0.6 is 11.3 Å². The molecule has 0 N–H and O–H groups in total. The summed E-state index contributed by atoms with van der Waals surface area (Å²) in [7, 11) is 0. The highest BCUT2D eigenvalue weighted by molar-refractivity contribution is 7.17. The van der Waals surface area contributed by atoms with Crippen molar-refractivity contribution in [2.75, 3.05) is 49.1 Å². The van der Waals surface area contributed by atoms with E-state index in [1.54, 1.807) is 11.3 Å². The number of aryl methyl sites for hydroxylation is 1. The third kappa shape index (κ3) is 4.11. The molecule has 0 saturated carbocycles. The Hall–Kier alpha value is -2.87. The van der Waals surface area contributed by atoms with Gasteiger partial charge in [0.15, 0.2) is 0 Å². The van der Waals surface area contributed by atoms with Crippen LogP contribution in [0.4, 0.5) is 10.8 Å². The number of rotatable bonds is 4. The van der Waals surface area contributed by atoms with Gasteiger partial charge in [0, 0.05) is 63.3 Å². The van der Waals surface area contributed by atoms with E-state index in [9.17, 15) is 4.79 Å². The van der Waals surface area contributed by atoms with Gasteiger partial charge in [-0.1, -0.05) is 23.5 Å². The fourth-order valence-electron chi connectivity index (χ4n) is 4.72. The van der Waals surface area contributed by atoms with Gasteiger partial charge in [-0.15, -0.1) is 10.2 Å². The maximum atomic E-state index is 13.2. The zero-order chi connectivity index (χ0) is 22.1. The average Bonchev–Trinajstić information content (AvgIpc) is 3.53. The smallest absolute Gasteiger partial charge is 0.225 e. The third-order valence-corrected chi connectivity index (χ3v) is 7.85. The molecule has 2 saturated heterocycles. The lowest BCUT2D eigenvalue weighted by Crippen LogP contribution is -2.51. The van der Waals surface area contributed by atoms with E-state index in [2.05, 4.69) is 56.9 Å². The first-order valence-corrected chi connectivity index (χ1v) is 12.2. The Morgan fingerprint density at radius 2 is 1.56 bits per heavy atom. The molecule has 5 rings (SSSR count). The molecule has 0 radical (unpaired) electrons. The molecule has 168 valence electrons. The van der Waals surface area contributed by atoms with Gasteiger partial charge in [-0.2, -0.15) is 0 Å². The van der Waals surface area contributed by atoms with Crippen LogP contribution in [0.25, 0.3) is 5.13 Å². The molecule has 1 amide bonds. The highest BCUT2D eigenvalue weighted by Gasteiger charge is 2.31. The largest absolute Gasteiger partial charge is 0.368 e. The first kappa shape index (κ1) is 21.0. The average molecular weight is 451 g/mol. The van der Waals surface area contributed by atoms with Gasteiger partial charge in [0.05, 0.1) is 0 Å². The summed E-state index contributed by atoms with van der Waals surface area (Å²) < 4.78 is 1.98. The number of carbonyl (C=O) groups is 1. The third-order valence-electron chi connectivity index (χ3n) is 6.85. The van der Waals surface area contributed by atoms with E-state index in [0.29, 0.717) is 5.91 Å². The van der Waals surface area contributed by atoms with Crippen LogP contribution in [0.3, 0.4) is 0 Å². The Labute approximate surface area is 193 Å². The van der Waals surface area contributed by atoms with E-state index >= 15 is 0 Å². The van der Waals surface area contributed by atoms with Crippen LogP contribution in [0.15, 0.2) is 42.7 Å². The van der Waals surface area contributed by atoms with Crippen molar-refractivity contribution in [1.29, 1.82) is 0 Å². The lowest BCUT2D eigenvalue weighted by atomic mass is 9.95. The minimum atomic E-state index is 0.121. The van der Waals surface area contributed by atoms with Crippen molar-refractivity contribution in [3.63, 3.8) is 0 Å². The number of anilines is 2. The molecule has 0 unspecified atom stereocenters. The summed E-state index contributed by atoms with van der Waals surface area (Å²) in [6.07, 6.45) is 5.73. The molecule has 4 heterocycles. The number of piperazine rings is 1. The van der Waals surface area contributed by atoms with Crippen LogP contribution in [0.2, 0.25) is 0 Å². The van der Waals surface area contributed by atoms with Crippen molar-refractivity contribution in [3.05, 3.63) is 53.9 Å². The number of hydrogen-bond donors (Lipinski definition) is 0. The van der Waals surface area contributed by atoms with Gasteiger partial charge in [-0.3, -0.25) is 9.36 Å². The molecule has 32 heavy (non-hydrogen) atoms. The number of carbonyl (C=O) groups excluding carboxylic acids is 1. The van der Waals surface area contributed by atoms with E-state index in [4.69, 9.17) is 0 Å². The number of aromatic nitrogens is 3. The molecule has 1 aromatic carbocycles. The van der Waals surface area contributed by atoms with E-state index < -0.39 is 0 Å². The van der Waals surface area contributed by atoms with Gasteiger partial charge in [-0.05, 0) is 56.0 Å². The normalized spacial score (nSPS) is 17.8. The Morgan fingerprint density at radius 1 is 0.875 bits per heavy atom. The molecule has 0 aliphatic carbocycles. The summed E-state index contributed by atoms with van der Waals surface area (Å²) in [6.45, 7) is 9.50. The van der Waals surface area contributed by atoms with Crippen molar-refractivity contribution in [2.24, 2.45) is 5.92 Å². The monoisotopic (exact) mass is 450 g/mol. The van der Waals surface area contributed by atoms with Gasteiger partial charge in [0.2, 0.25) is 16.2 Å². The van der Waals surface area contributed by atoms with Gasteiger partial charge in [0.25, 0.3) is 0 Å². The second-order valence-electron chi connectivity index (χ2n) is 8.75. The second kappa shape index (κ2) is 8.94. The summed E-state index contributed by atoms with van der Waals surface area (Å²) in [5.41, 5.74) is 3.97. The lowest BCUT2D eigenvalue weighted by Gasteiger charge is -2.39. The lowest BCUT2D eigenvalue weighted by molar-refractivity contribution is -0.136. The van der Waals surface area contributed by atoms with Crippen LogP contribution in [0.5, 0.6) is 0 Å². The summed E-state index contributed by atoms with van der Waals surface area (Å²) >= 11 is 1.60. The Morgan fingerprint density at radius 3 is 2.28 bits per heavy atom. The summed E-state index contributed by atoms with van der Waals surface area (Å²) in [5, 5.41) is 10.5. The minimum absolute atomic E-state index is 0.121. The van der Waals surface area contributed by atoms with Crippen molar-refractivity contribution < 1.29 is 4.79 Å². The van der Waals surface area contributed by atoms with Crippen LogP contribution in [-0.4, -0.2) is 64.8 Å². The second-order valence-corrected chi connectivity index (χ2v) is 9.68. The van der Waals surface area contributed by atoms with E-state index in [-0.39, 0.29) is 5.92 Å². The van der Waals surface area contributed by atoms with Gasteiger partial charge >= 0.3 is 0 Å². The molecule has 2 aliphatic heterocycles. The first-order chi connectivity index (χ1) is 15.6. The number of amides is 1. The number of piperidine rings is 1. The number of hydrogen-bond acceptors (Lipinski definition) is 6. The number of nitrogens with zero attached hydrogens (tertiary/aromatic N) is 6. The zero-order valence-electron chi connectivity index (χ0n) is 18.8. The molecule has 2 aromatic heterocycles. The summed E-state index contributed by atoms with van der Waals surface area (Å²) in [5.74, 6) is 0.450. The Balaban J connectivity index is 1.14. The van der Waals surface area contributed by atoms with Crippen molar-refractivity contribution in [1.82, 2.24) is 19.7 Å². The first-order valence-electron chi connectivity index (χ1n) is 11.4. The maximum absolute atomic E-state index is 13.2. The van der Waals surface area contributed by atoms with Crippen LogP contribution in [0, 0.1) is 19.8 Å². The van der Waals surface area contributed by atoms with Gasteiger partial charge < -0.3 is 14.7 Å². The Bertz CT molecular complexity index is 1060. The molecule has 2 fully saturated rings. The molecule has 0 spiro atoms. The molecule has 0 bridgehead atoms. The molecule has 8 heteroatoms. The van der Waals surface area contributed by atoms with Gasteiger partial charge in [-0.25, -0.2) is 0 Å². The molecular formula is C24H30N6OS. The molecule has 0 atom stereocenters. The van der Waals surface area contributed by atoms with Crippen molar-refractivity contribution >= 4 is 28.1 Å². The molecule has 3 aromatic rings. The quantitative estimate of drug-likeness (QED) is 0.609. The molecular weight excluding hydrogens is 420 g/mol. The minimum Gasteiger partial charge on any atom is -0.368 e. The van der Waals surface area contributed by atoms with E-state index in [1.807, 2.05) is 29.1 Å². The summed E-state index contributed by atoms with van der Waals surface area (Å²) in [6, 6.07) is 10.5. The van der Waals surface area contributed by atoms with Gasteiger partial charge in [0.1, 0.15) is 0 Å². The highest BCUT2D eigenvalue weighted by Crippen LogP contribution is 2.29. The van der Waals surface area contributed by atoms with Crippen molar-refractivity contribution in [3.8, 4) is 5.13 Å². The standard InChI is InChI=1S/C24H30N6OS/c1-18-6-5-7-21(19(18)2)27-14-16-28(17-15-27)22(31)20-8-12-30(13-9-20)24-26-25-23(32-24)29-10-3-4-11-29/h3-7,10-11,20H,8-9,12-17H2,1-2H3. The predicted octanol–water partition coefficient (Wildman–Crippen LogP) is 3.51. The molecule has 2 aliphatic rings. The Kier molecular flexibility index (Phi) is 5.87. The topological polar surface area (TPSA) is 57.5 Å². The fraction of sp³-hybridized carbons (Fsp3) is 0.458. The predicted molar refractivity (Wildman–Crippen MR) is 129 cm³/mol. The van der Waals surface area contributed by atoms with E-state index in [1.165, 1.54) is 16.8 Å².